The van der Waals surface area contributed by atoms with E-state index in [4.69, 9.17) is 11.2 Å². The van der Waals surface area contributed by atoms with Crippen molar-refractivity contribution >= 4 is 11.9 Å². The van der Waals surface area contributed by atoms with Crippen LogP contribution in [0.4, 0.5) is 0 Å². The summed E-state index contributed by atoms with van der Waals surface area (Å²) in [7, 11) is 0. The molecule has 106 valence electrons. The van der Waals surface area contributed by atoms with Crippen molar-refractivity contribution in [3.8, 4) is 18.0 Å². The third-order valence-corrected chi connectivity index (χ3v) is 2.73. The van der Waals surface area contributed by atoms with Gasteiger partial charge in [-0.25, -0.2) is 4.79 Å². The Morgan fingerprint density at radius 1 is 1.19 bits per heavy atom. The number of rotatable bonds is 5. The molecule has 1 aromatic heterocycles. The summed E-state index contributed by atoms with van der Waals surface area (Å²) in [5.41, 5.74) is 1.32. The molecule has 1 heterocycles. The van der Waals surface area contributed by atoms with E-state index in [1.807, 2.05) is 29.1 Å². The first-order valence-electron chi connectivity index (χ1n) is 6.31. The monoisotopic (exact) mass is 282 g/mol. The highest BCUT2D eigenvalue weighted by Gasteiger charge is 2.09. The second kappa shape index (κ2) is 6.96. The predicted octanol–water partition coefficient (Wildman–Crippen LogP) is 1.38. The van der Waals surface area contributed by atoms with Gasteiger partial charge in [-0.1, -0.05) is 5.92 Å². The van der Waals surface area contributed by atoms with Crippen molar-refractivity contribution < 1.29 is 14.3 Å². The minimum atomic E-state index is -0.551. The van der Waals surface area contributed by atoms with Crippen molar-refractivity contribution in [1.82, 2.24) is 9.88 Å². The summed E-state index contributed by atoms with van der Waals surface area (Å²) < 4.78 is 6.81. The smallest absolute Gasteiger partial charge is 0.338 e. The summed E-state index contributed by atoms with van der Waals surface area (Å²) in [5, 5.41) is 2.41. The van der Waals surface area contributed by atoms with Crippen molar-refractivity contribution in [2.75, 3.05) is 13.2 Å². The van der Waals surface area contributed by atoms with Crippen molar-refractivity contribution in [2.45, 2.75) is 0 Å². The molecular weight excluding hydrogens is 268 g/mol. The van der Waals surface area contributed by atoms with E-state index in [2.05, 4.69) is 11.2 Å². The van der Waals surface area contributed by atoms with E-state index in [0.717, 1.165) is 5.69 Å². The maximum absolute atomic E-state index is 11.8. The molecule has 0 saturated heterocycles. The molecule has 5 nitrogen and oxygen atoms in total. The van der Waals surface area contributed by atoms with Gasteiger partial charge in [0.15, 0.2) is 6.61 Å². The molecule has 0 bridgehead atoms. The summed E-state index contributed by atoms with van der Waals surface area (Å²) in [5.74, 6) is 1.29. The number of hydrogen-bond donors (Lipinski definition) is 1. The Morgan fingerprint density at radius 3 is 2.48 bits per heavy atom. The Labute approximate surface area is 122 Å². The fraction of sp³-hybridized carbons (Fsp3) is 0.125. The fourth-order valence-corrected chi connectivity index (χ4v) is 1.69. The average molecular weight is 282 g/mol. The van der Waals surface area contributed by atoms with Crippen LogP contribution in [0.15, 0.2) is 48.8 Å². The SMILES string of the molecule is C#CCNC(=O)COC(=O)c1ccc(-n2cccc2)cc1. The van der Waals surface area contributed by atoms with Gasteiger partial charge >= 0.3 is 5.97 Å². The van der Waals surface area contributed by atoms with Crippen LogP contribution < -0.4 is 5.32 Å². The van der Waals surface area contributed by atoms with Gasteiger partial charge in [0.05, 0.1) is 12.1 Å². The molecule has 0 saturated carbocycles. The van der Waals surface area contributed by atoms with Gasteiger partial charge in [0, 0.05) is 18.1 Å². The fourth-order valence-electron chi connectivity index (χ4n) is 1.69. The van der Waals surface area contributed by atoms with Crippen LogP contribution in [-0.4, -0.2) is 29.6 Å². The van der Waals surface area contributed by atoms with Gasteiger partial charge in [-0.15, -0.1) is 6.42 Å². The molecule has 0 radical (unpaired) electrons. The van der Waals surface area contributed by atoms with Crippen LogP contribution in [-0.2, 0) is 9.53 Å². The molecule has 0 fully saturated rings. The summed E-state index contributed by atoms with van der Waals surface area (Å²) in [6, 6.07) is 10.7. The summed E-state index contributed by atoms with van der Waals surface area (Å²) in [6.45, 7) is -0.234. The molecule has 0 spiro atoms. The normalized spacial score (nSPS) is 9.67. The highest BCUT2D eigenvalue weighted by molar-refractivity contribution is 5.91. The quantitative estimate of drug-likeness (QED) is 0.666. The molecule has 2 rings (SSSR count). The van der Waals surface area contributed by atoms with Crippen molar-refractivity contribution in [3.05, 3.63) is 54.4 Å². The number of esters is 1. The largest absolute Gasteiger partial charge is 0.452 e. The van der Waals surface area contributed by atoms with E-state index in [1.165, 1.54) is 0 Å². The number of aromatic nitrogens is 1. The molecule has 0 unspecified atom stereocenters. The van der Waals surface area contributed by atoms with E-state index in [1.54, 1.807) is 24.3 Å². The first-order chi connectivity index (χ1) is 10.2. The Kier molecular flexibility index (Phi) is 4.78. The molecule has 0 aliphatic carbocycles. The lowest BCUT2D eigenvalue weighted by molar-refractivity contribution is -0.123. The van der Waals surface area contributed by atoms with Crippen LogP contribution in [0.3, 0.4) is 0 Å². The highest BCUT2D eigenvalue weighted by Crippen LogP contribution is 2.10. The summed E-state index contributed by atoms with van der Waals surface area (Å²) in [6.07, 6.45) is 8.82. The zero-order valence-electron chi connectivity index (χ0n) is 11.3. The summed E-state index contributed by atoms with van der Waals surface area (Å²) in [4.78, 5) is 23.0. The van der Waals surface area contributed by atoms with E-state index < -0.39 is 11.9 Å². The molecule has 1 N–H and O–H groups in total. The van der Waals surface area contributed by atoms with Crippen LogP contribution in [0.5, 0.6) is 0 Å². The lowest BCUT2D eigenvalue weighted by Crippen LogP contribution is -2.28. The minimum absolute atomic E-state index is 0.113. The number of nitrogens with one attached hydrogen (secondary N) is 1. The molecule has 5 heteroatoms. The maximum atomic E-state index is 11.8. The molecule has 0 aliphatic heterocycles. The van der Waals surface area contributed by atoms with Gasteiger partial charge in [0.2, 0.25) is 0 Å². The Bertz CT molecular complexity index is 652. The van der Waals surface area contributed by atoms with E-state index >= 15 is 0 Å². The van der Waals surface area contributed by atoms with Gasteiger partial charge in [-0.05, 0) is 36.4 Å². The number of carbonyl (C=O) groups is 2. The highest BCUT2D eigenvalue weighted by atomic mass is 16.5. The van der Waals surface area contributed by atoms with Crippen LogP contribution in [0.25, 0.3) is 5.69 Å². The first-order valence-corrected chi connectivity index (χ1v) is 6.31. The molecule has 1 amide bonds. The van der Waals surface area contributed by atoms with E-state index in [-0.39, 0.29) is 13.2 Å². The number of amides is 1. The van der Waals surface area contributed by atoms with Gasteiger partial charge in [0.1, 0.15) is 0 Å². The number of benzene rings is 1. The number of carbonyl (C=O) groups excluding carboxylic acids is 2. The Hall–Kier alpha value is -3.00. The van der Waals surface area contributed by atoms with Gasteiger partial charge < -0.3 is 14.6 Å². The molecule has 2 aromatic rings. The van der Waals surface area contributed by atoms with Gasteiger partial charge in [-0.2, -0.15) is 0 Å². The number of ether oxygens (including phenoxy) is 1. The van der Waals surface area contributed by atoms with Crippen LogP contribution >= 0.6 is 0 Å². The summed E-state index contributed by atoms with van der Waals surface area (Å²) >= 11 is 0. The zero-order valence-corrected chi connectivity index (χ0v) is 11.3. The topological polar surface area (TPSA) is 60.3 Å². The van der Waals surface area contributed by atoms with E-state index in [9.17, 15) is 9.59 Å². The number of nitrogens with zero attached hydrogens (tertiary/aromatic N) is 1. The molecule has 1 aromatic carbocycles. The second-order valence-corrected chi connectivity index (χ2v) is 4.19. The molecule has 0 aliphatic rings. The van der Waals surface area contributed by atoms with Crippen molar-refractivity contribution in [1.29, 1.82) is 0 Å². The lowest BCUT2D eigenvalue weighted by atomic mass is 10.2. The van der Waals surface area contributed by atoms with Crippen molar-refractivity contribution in [3.63, 3.8) is 0 Å². The third kappa shape index (κ3) is 3.98. The zero-order chi connectivity index (χ0) is 15.1. The van der Waals surface area contributed by atoms with Crippen molar-refractivity contribution in [2.24, 2.45) is 0 Å². The first kappa shape index (κ1) is 14.4. The predicted molar refractivity (Wildman–Crippen MR) is 77.9 cm³/mol. The minimum Gasteiger partial charge on any atom is -0.452 e. The maximum Gasteiger partial charge on any atom is 0.338 e. The number of hydrogen-bond acceptors (Lipinski definition) is 3. The standard InChI is InChI=1S/C16H14N2O3/c1-2-9-17-15(19)12-21-16(20)13-5-7-14(8-6-13)18-10-3-4-11-18/h1,3-8,10-11H,9,12H2,(H,17,19). The lowest BCUT2D eigenvalue weighted by Gasteiger charge is -2.06. The Morgan fingerprint density at radius 2 is 1.86 bits per heavy atom. The van der Waals surface area contributed by atoms with Gasteiger partial charge in [-0.3, -0.25) is 4.79 Å². The molecule has 0 atom stereocenters. The third-order valence-electron chi connectivity index (χ3n) is 2.73. The van der Waals surface area contributed by atoms with Crippen LogP contribution in [0.1, 0.15) is 10.4 Å². The average Bonchev–Trinajstić information content (AvgIpc) is 3.05. The molecule has 21 heavy (non-hydrogen) atoms. The Balaban J connectivity index is 1.91. The van der Waals surface area contributed by atoms with Crippen LogP contribution in [0.2, 0.25) is 0 Å². The second-order valence-electron chi connectivity index (χ2n) is 4.19. The number of terminal acetylenes is 1. The van der Waals surface area contributed by atoms with Gasteiger partial charge in [0.25, 0.3) is 5.91 Å². The molecular formula is C16H14N2O3. The van der Waals surface area contributed by atoms with Crippen LogP contribution in [0, 0.1) is 12.3 Å². The van der Waals surface area contributed by atoms with E-state index in [0.29, 0.717) is 5.56 Å².